The molecule has 0 saturated carbocycles. The van der Waals surface area contributed by atoms with Crippen LogP contribution in [0.25, 0.3) is 0 Å². The van der Waals surface area contributed by atoms with Crippen LogP contribution in [0, 0.1) is 0 Å². The highest BCUT2D eigenvalue weighted by atomic mass is 35.5. The molecule has 0 atom stereocenters. The van der Waals surface area contributed by atoms with Crippen LogP contribution in [0.15, 0.2) is 40.0 Å². The van der Waals surface area contributed by atoms with Crippen molar-refractivity contribution in [3.05, 3.63) is 41.2 Å². The van der Waals surface area contributed by atoms with Crippen molar-refractivity contribution in [2.24, 2.45) is 0 Å². The number of halogens is 1. The molecular formula is C13H16ClN3O3S. The molecule has 0 aromatic carbocycles. The zero-order chi connectivity index (χ0) is 15.5. The predicted octanol–water partition coefficient (Wildman–Crippen LogP) is 2.63. The molecule has 6 nitrogen and oxygen atoms in total. The summed E-state index contributed by atoms with van der Waals surface area (Å²) in [6, 6.07) is 6.45. The maximum absolute atomic E-state index is 12.2. The van der Waals surface area contributed by atoms with Crippen molar-refractivity contribution < 1.29 is 12.8 Å². The zero-order valence-electron chi connectivity index (χ0n) is 11.6. The lowest BCUT2D eigenvalue weighted by Gasteiger charge is -2.07. The van der Waals surface area contributed by atoms with E-state index in [-0.39, 0.29) is 22.0 Å². The normalized spacial score (nSPS) is 11.8. The minimum atomic E-state index is -3.84. The third-order valence-electron chi connectivity index (χ3n) is 2.58. The summed E-state index contributed by atoms with van der Waals surface area (Å²) in [6.45, 7) is 4.44. The quantitative estimate of drug-likeness (QED) is 0.851. The second-order valence-corrected chi connectivity index (χ2v) is 6.72. The summed E-state index contributed by atoms with van der Waals surface area (Å²) in [5, 5.41) is 3.18. The first kappa shape index (κ1) is 15.8. The first-order chi connectivity index (χ1) is 9.88. The molecule has 0 unspecified atom stereocenters. The van der Waals surface area contributed by atoms with Gasteiger partial charge in [0.25, 0.3) is 10.0 Å². The molecule has 21 heavy (non-hydrogen) atoms. The Labute approximate surface area is 128 Å². The SMILES string of the molecule is CC(C)NCc1ccc(S(=O)(=O)Nc2ncccc2Cl)o1. The first-order valence-electron chi connectivity index (χ1n) is 6.34. The summed E-state index contributed by atoms with van der Waals surface area (Å²) in [5.74, 6) is 0.605. The minimum absolute atomic E-state index is 0.0671. The van der Waals surface area contributed by atoms with Gasteiger partial charge in [-0.05, 0) is 24.3 Å². The molecule has 114 valence electrons. The smallest absolute Gasteiger partial charge is 0.296 e. The molecule has 8 heteroatoms. The number of rotatable bonds is 6. The van der Waals surface area contributed by atoms with Crippen LogP contribution in [0.5, 0.6) is 0 Å². The number of nitrogens with zero attached hydrogens (tertiary/aromatic N) is 1. The van der Waals surface area contributed by atoms with E-state index in [0.29, 0.717) is 12.3 Å². The number of hydrogen-bond acceptors (Lipinski definition) is 5. The van der Waals surface area contributed by atoms with E-state index in [1.807, 2.05) is 13.8 Å². The molecule has 0 aliphatic carbocycles. The number of aromatic nitrogens is 1. The van der Waals surface area contributed by atoms with Crippen molar-refractivity contribution in [1.29, 1.82) is 0 Å². The Kier molecular flexibility index (Phi) is 4.87. The Balaban J connectivity index is 2.15. The number of furan rings is 1. The lowest BCUT2D eigenvalue weighted by molar-refractivity contribution is 0.396. The van der Waals surface area contributed by atoms with Gasteiger partial charge in [0.05, 0.1) is 11.6 Å². The van der Waals surface area contributed by atoms with Gasteiger partial charge in [0, 0.05) is 12.2 Å². The molecule has 0 aliphatic rings. The molecule has 0 bridgehead atoms. The number of anilines is 1. The van der Waals surface area contributed by atoms with E-state index in [0.717, 1.165) is 0 Å². The summed E-state index contributed by atoms with van der Waals surface area (Å²) in [5.41, 5.74) is 0. The zero-order valence-corrected chi connectivity index (χ0v) is 13.2. The van der Waals surface area contributed by atoms with Crippen LogP contribution in [0.4, 0.5) is 5.82 Å². The predicted molar refractivity (Wildman–Crippen MR) is 80.7 cm³/mol. The van der Waals surface area contributed by atoms with Crippen LogP contribution in [-0.2, 0) is 16.6 Å². The molecule has 0 spiro atoms. The van der Waals surface area contributed by atoms with E-state index in [2.05, 4.69) is 15.0 Å². The van der Waals surface area contributed by atoms with Gasteiger partial charge in [-0.1, -0.05) is 25.4 Å². The second kappa shape index (κ2) is 6.46. The third-order valence-corrected chi connectivity index (χ3v) is 4.09. The van der Waals surface area contributed by atoms with Crippen LogP contribution >= 0.6 is 11.6 Å². The molecule has 0 aliphatic heterocycles. The molecule has 2 aromatic rings. The lowest BCUT2D eigenvalue weighted by Crippen LogP contribution is -2.21. The summed E-state index contributed by atoms with van der Waals surface area (Å²) >= 11 is 5.88. The van der Waals surface area contributed by atoms with E-state index < -0.39 is 10.0 Å². The van der Waals surface area contributed by atoms with Gasteiger partial charge in [0.2, 0.25) is 5.09 Å². The molecule has 0 saturated heterocycles. The summed E-state index contributed by atoms with van der Waals surface area (Å²) in [4.78, 5) is 3.88. The fourth-order valence-electron chi connectivity index (χ4n) is 1.54. The Morgan fingerprint density at radius 2 is 2.10 bits per heavy atom. The van der Waals surface area contributed by atoms with Gasteiger partial charge in [-0.2, -0.15) is 8.42 Å². The highest BCUT2D eigenvalue weighted by molar-refractivity contribution is 7.92. The van der Waals surface area contributed by atoms with E-state index in [1.54, 1.807) is 18.2 Å². The van der Waals surface area contributed by atoms with Gasteiger partial charge in [-0.3, -0.25) is 4.72 Å². The molecule has 2 N–H and O–H groups in total. The van der Waals surface area contributed by atoms with E-state index in [1.165, 1.54) is 12.3 Å². The standard InChI is InChI=1S/C13H16ClN3O3S/c1-9(2)16-8-10-5-6-12(20-10)21(18,19)17-13-11(14)4-3-7-15-13/h3-7,9,16H,8H2,1-2H3,(H,15,17). The molecule has 2 heterocycles. The van der Waals surface area contributed by atoms with Gasteiger partial charge in [0.1, 0.15) is 5.76 Å². The van der Waals surface area contributed by atoms with Crippen molar-refractivity contribution >= 4 is 27.4 Å². The Hall–Kier alpha value is -1.57. The number of pyridine rings is 1. The van der Waals surface area contributed by atoms with Crippen LogP contribution in [0.1, 0.15) is 19.6 Å². The van der Waals surface area contributed by atoms with Gasteiger partial charge < -0.3 is 9.73 Å². The Bertz CT molecular complexity index is 713. The highest BCUT2D eigenvalue weighted by Crippen LogP contribution is 2.22. The first-order valence-corrected chi connectivity index (χ1v) is 8.20. The second-order valence-electron chi connectivity index (χ2n) is 4.70. The van der Waals surface area contributed by atoms with Crippen LogP contribution in [-0.4, -0.2) is 19.4 Å². The number of sulfonamides is 1. The molecule has 0 amide bonds. The van der Waals surface area contributed by atoms with Gasteiger partial charge >= 0.3 is 0 Å². The van der Waals surface area contributed by atoms with Crippen LogP contribution in [0.2, 0.25) is 5.02 Å². The largest absolute Gasteiger partial charge is 0.446 e. The number of hydrogen-bond donors (Lipinski definition) is 2. The summed E-state index contributed by atoms with van der Waals surface area (Å²) in [6.07, 6.45) is 1.45. The van der Waals surface area contributed by atoms with Gasteiger partial charge in [0.15, 0.2) is 5.82 Å². The average molecular weight is 330 g/mol. The molecule has 2 rings (SSSR count). The van der Waals surface area contributed by atoms with Crippen molar-refractivity contribution in [3.63, 3.8) is 0 Å². The van der Waals surface area contributed by atoms with E-state index in [4.69, 9.17) is 16.0 Å². The van der Waals surface area contributed by atoms with Crippen LogP contribution < -0.4 is 10.0 Å². The summed E-state index contributed by atoms with van der Waals surface area (Å²) in [7, 11) is -3.84. The Morgan fingerprint density at radius 1 is 1.33 bits per heavy atom. The van der Waals surface area contributed by atoms with Gasteiger partial charge in [-0.25, -0.2) is 4.98 Å². The number of nitrogens with one attached hydrogen (secondary N) is 2. The van der Waals surface area contributed by atoms with Gasteiger partial charge in [-0.15, -0.1) is 0 Å². The monoisotopic (exact) mass is 329 g/mol. The fourth-order valence-corrected chi connectivity index (χ4v) is 2.75. The van der Waals surface area contributed by atoms with Crippen LogP contribution in [0.3, 0.4) is 0 Å². The fraction of sp³-hybridized carbons (Fsp3) is 0.308. The lowest BCUT2D eigenvalue weighted by atomic mass is 10.3. The Morgan fingerprint density at radius 3 is 2.76 bits per heavy atom. The maximum Gasteiger partial charge on any atom is 0.296 e. The third kappa shape index (κ3) is 4.20. The van der Waals surface area contributed by atoms with Crippen molar-refractivity contribution in [2.45, 2.75) is 31.5 Å². The summed E-state index contributed by atoms with van der Waals surface area (Å²) < 4.78 is 32.0. The molecular weight excluding hydrogens is 314 g/mol. The average Bonchev–Trinajstić information content (AvgIpc) is 2.88. The van der Waals surface area contributed by atoms with Crippen molar-refractivity contribution in [1.82, 2.24) is 10.3 Å². The molecule has 2 aromatic heterocycles. The maximum atomic E-state index is 12.2. The molecule has 0 fully saturated rings. The minimum Gasteiger partial charge on any atom is -0.446 e. The van der Waals surface area contributed by atoms with E-state index in [9.17, 15) is 8.42 Å². The van der Waals surface area contributed by atoms with Crippen molar-refractivity contribution in [3.8, 4) is 0 Å². The molecule has 0 radical (unpaired) electrons. The topological polar surface area (TPSA) is 84.2 Å². The highest BCUT2D eigenvalue weighted by Gasteiger charge is 2.20. The van der Waals surface area contributed by atoms with Crippen molar-refractivity contribution in [2.75, 3.05) is 4.72 Å². The van der Waals surface area contributed by atoms with E-state index >= 15 is 0 Å².